The number of ketones is 1. The van der Waals surface area contributed by atoms with Gasteiger partial charge in [-0.25, -0.2) is 4.98 Å². The summed E-state index contributed by atoms with van der Waals surface area (Å²) in [5.41, 5.74) is 1.39. The fraction of sp³-hybridized carbons (Fsp3) is 0.125. The Morgan fingerprint density at radius 1 is 1.20 bits per heavy atom. The summed E-state index contributed by atoms with van der Waals surface area (Å²) >= 11 is 1.12. The molecule has 0 bridgehead atoms. The normalized spacial score (nSPS) is 11.9. The minimum atomic E-state index is -1.27. The minimum absolute atomic E-state index is 0.184. The van der Waals surface area contributed by atoms with Gasteiger partial charge < -0.3 is 15.4 Å². The number of aromatic amines is 1. The van der Waals surface area contributed by atoms with Gasteiger partial charge in [0.05, 0.1) is 22.5 Å². The first-order valence-corrected chi connectivity index (χ1v) is 8.21. The molecule has 2 amide bonds. The molecular formula is C16H14N4O4S. The molecular weight excluding hydrogens is 344 g/mol. The maximum Gasteiger partial charge on any atom is 0.293 e. The fourth-order valence-corrected chi connectivity index (χ4v) is 2.81. The van der Waals surface area contributed by atoms with Crippen molar-refractivity contribution in [2.45, 2.75) is 6.04 Å². The number of para-hydroxylation sites is 2. The van der Waals surface area contributed by atoms with E-state index in [9.17, 15) is 19.5 Å². The van der Waals surface area contributed by atoms with Gasteiger partial charge in [-0.3, -0.25) is 19.7 Å². The Morgan fingerprint density at radius 2 is 2.00 bits per heavy atom. The second kappa shape index (κ2) is 7.24. The molecule has 0 aliphatic rings. The second-order valence-electron chi connectivity index (χ2n) is 5.11. The topological polar surface area (TPSA) is 124 Å². The van der Waals surface area contributed by atoms with Crippen molar-refractivity contribution in [2.75, 3.05) is 11.9 Å². The Kier molecular flexibility index (Phi) is 4.87. The number of fused-ring (bicyclic) bond motifs is 1. The van der Waals surface area contributed by atoms with Crippen molar-refractivity contribution in [1.29, 1.82) is 0 Å². The molecule has 0 aliphatic carbocycles. The molecule has 0 saturated carbocycles. The predicted molar refractivity (Wildman–Crippen MR) is 92.4 cm³/mol. The van der Waals surface area contributed by atoms with Crippen LogP contribution in [0.2, 0.25) is 0 Å². The van der Waals surface area contributed by atoms with Gasteiger partial charge in [0.1, 0.15) is 6.04 Å². The number of nitrogens with zero attached hydrogens (tertiary/aromatic N) is 1. The molecule has 0 spiro atoms. The zero-order valence-corrected chi connectivity index (χ0v) is 13.7. The highest BCUT2D eigenvalue weighted by atomic mass is 32.1. The van der Waals surface area contributed by atoms with Gasteiger partial charge in [-0.2, -0.15) is 0 Å². The molecule has 0 aliphatic heterocycles. The quantitative estimate of drug-likeness (QED) is 0.385. The molecule has 128 valence electrons. The summed E-state index contributed by atoms with van der Waals surface area (Å²) < 4.78 is 0. The molecule has 2 heterocycles. The van der Waals surface area contributed by atoms with Crippen LogP contribution in [0.3, 0.4) is 0 Å². The third-order valence-corrected chi connectivity index (χ3v) is 4.26. The van der Waals surface area contributed by atoms with E-state index in [-0.39, 0.29) is 10.8 Å². The van der Waals surface area contributed by atoms with Gasteiger partial charge in [0.15, 0.2) is 0 Å². The maximum atomic E-state index is 12.2. The van der Waals surface area contributed by atoms with E-state index >= 15 is 0 Å². The molecule has 2 aromatic heterocycles. The van der Waals surface area contributed by atoms with E-state index in [1.54, 1.807) is 23.6 Å². The van der Waals surface area contributed by atoms with Crippen molar-refractivity contribution in [3.05, 3.63) is 46.7 Å². The number of carbonyl (C=O) groups is 3. The summed E-state index contributed by atoms with van der Waals surface area (Å²) in [5.74, 6) is -2.22. The highest BCUT2D eigenvalue weighted by molar-refractivity contribution is 7.13. The number of rotatable bonds is 6. The number of hydrogen-bond donors (Lipinski definition) is 4. The standard InChI is InChI=1S/C16H14N4O4S/c21-8-11(17-15(24)13(22)12-6-3-7-25-12)14(23)20-16-18-9-4-1-2-5-10(9)19-16/h1-7,11,21H,8H2,(H,17,24)(H2,18,19,20,23). The molecule has 0 radical (unpaired) electrons. The molecule has 0 fully saturated rings. The zero-order valence-electron chi connectivity index (χ0n) is 12.9. The van der Waals surface area contributed by atoms with Crippen molar-refractivity contribution in [2.24, 2.45) is 0 Å². The van der Waals surface area contributed by atoms with Crippen molar-refractivity contribution < 1.29 is 19.5 Å². The van der Waals surface area contributed by atoms with E-state index in [2.05, 4.69) is 20.6 Å². The van der Waals surface area contributed by atoms with Crippen LogP contribution in [0.25, 0.3) is 11.0 Å². The lowest BCUT2D eigenvalue weighted by Crippen LogP contribution is -2.48. The van der Waals surface area contributed by atoms with Gasteiger partial charge in [-0.05, 0) is 23.6 Å². The van der Waals surface area contributed by atoms with E-state index in [1.165, 1.54) is 6.07 Å². The molecule has 1 unspecified atom stereocenters. The number of aromatic nitrogens is 2. The lowest BCUT2D eigenvalue weighted by atomic mass is 10.2. The van der Waals surface area contributed by atoms with Gasteiger partial charge in [-0.15, -0.1) is 11.3 Å². The highest BCUT2D eigenvalue weighted by Gasteiger charge is 2.25. The van der Waals surface area contributed by atoms with Gasteiger partial charge in [0, 0.05) is 0 Å². The Labute approximate surface area is 145 Å². The number of amides is 2. The van der Waals surface area contributed by atoms with Crippen LogP contribution in [0.1, 0.15) is 9.67 Å². The number of Topliss-reactive ketones (excluding diaryl/α,β-unsaturated/α-hetero) is 1. The summed E-state index contributed by atoms with van der Waals surface area (Å²) in [5, 5.41) is 15.7. The lowest BCUT2D eigenvalue weighted by molar-refractivity contribution is -0.124. The highest BCUT2D eigenvalue weighted by Crippen LogP contribution is 2.13. The van der Waals surface area contributed by atoms with Crippen molar-refractivity contribution in [1.82, 2.24) is 15.3 Å². The Morgan fingerprint density at radius 3 is 2.68 bits per heavy atom. The first-order chi connectivity index (χ1) is 12.1. The van der Waals surface area contributed by atoms with Gasteiger partial charge in [0.25, 0.3) is 17.6 Å². The monoisotopic (exact) mass is 358 g/mol. The smallest absolute Gasteiger partial charge is 0.293 e. The molecule has 25 heavy (non-hydrogen) atoms. The zero-order chi connectivity index (χ0) is 17.8. The van der Waals surface area contributed by atoms with E-state index in [4.69, 9.17) is 0 Å². The van der Waals surface area contributed by atoms with E-state index in [0.717, 1.165) is 16.9 Å². The number of anilines is 1. The summed E-state index contributed by atoms with van der Waals surface area (Å²) in [6.07, 6.45) is 0. The summed E-state index contributed by atoms with van der Waals surface area (Å²) in [6.45, 7) is -0.657. The maximum absolute atomic E-state index is 12.2. The average molecular weight is 358 g/mol. The third kappa shape index (κ3) is 3.73. The second-order valence-corrected chi connectivity index (χ2v) is 6.05. The van der Waals surface area contributed by atoms with Crippen LogP contribution in [0.15, 0.2) is 41.8 Å². The summed E-state index contributed by atoms with van der Waals surface area (Å²) in [7, 11) is 0. The van der Waals surface area contributed by atoms with E-state index in [0.29, 0.717) is 5.52 Å². The molecule has 1 aromatic carbocycles. The Bertz CT molecular complexity index is 886. The van der Waals surface area contributed by atoms with Crippen LogP contribution in [0.4, 0.5) is 5.95 Å². The first kappa shape index (κ1) is 16.8. The van der Waals surface area contributed by atoms with Gasteiger partial charge >= 0.3 is 0 Å². The minimum Gasteiger partial charge on any atom is -0.394 e. The van der Waals surface area contributed by atoms with Crippen molar-refractivity contribution >= 4 is 45.9 Å². The first-order valence-electron chi connectivity index (χ1n) is 7.33. The van der Waals surface area contributed by atoms with Gasteiger partial charge in [0.2, 0.25) is 5.95 Å². The van der Waals surface area contributed by atoms with Crippen molar-refractivity contribution in [3.63, 3.8) is 0 Å². The summed E-state index contributed by atoms with van der Waals surface area (Å²) in [4.78, 5) is 43.4. The third-order valence-electron chi connectivity index (χ3n) is 3.39. The number of thiophene rings is 1. The average Bonchev–Trinajstić information content (AvgIpc) is 3.27. The molecule has 3 aromatic rings. The number of imidazole rings is 1. The lowest BCUT2D eigenvalue weighted by Gasteiger charge is -2.14. The van der Waals surface area contributed by atoms with Crippen LogP contribution >= 0.6 is 11.3 Å². The van der Waals surface area contributed by atoms with E-state index < -0.39 is 30.2 Å². The number of aliphatic hydroxyl groups excluding tert-OH is 1. The largest absolute Gasteiger partial charge is 0.394 e. The number of hydrogen-bond acceptors (Lipinski definition) is 6. The number of benzene rings is 1. The van der Waals surface area contributed by atoms with Gasteiger partial charge in [-0.1, -0.05) is 18.2 Å². The molecule has 1 atom stereocenters. The number of carbonyl (C=O) groups excluding carboxylic acids is 3. The molecule has 8 nitrogen and oxygen atoms in total. The van der Waals surface area contributed by atoms with Crippen LogP contribution in [-0.4, -0.2) is 45.3 Å². The van der Waals surface area contributed by atoms with E-state index in [1.807, 2.05) is 12.1 Å². The Hall–Kier alpha value is -3.04. The number of aliphatic hydroxyl groups is 1. The number of nitrogens with one attached hydrogen (secondary N) is 3. The predicted octanol–water partition coefficient (Wildman–Crippen LogP) is 0.923. The fourth-order valence-electron chi connectivity index (χ4n) is 2.15. The molecule has 4 N–H and O–H groups in total. The van der Waals surface area contributed by atoms with Crippen molar-refractivity contribution in [3.8, 4) is 0 Å². The molecule has 0 saturated heterocycles. The Balaban J connectivity index is 1.66. The van der Waals surface area contributed by atoms with Crippen LogP contribution in [0, 0.1) is 0 Å². The number of H-pyrrole nitrogens is 1. The van der Waals surface area contributed by atoms with Crippen LogP contribution in [-0.2, 0) is 9.59 Å². The molecule has 3 rings (SSSR count). The SMILES string of the molecule is O=C(NC(CO)C(=O)Nc1nc2ccccc2[nH]1)C(=O)c1cccs1. The molecule has 9 heteroatoms. The van der Waals surface area contributed by atoms with Crippen LogP contribution in [0.5, 0.6) is 0 Å². The van der Waals surface area contributed by atoms with Crippen LogP contribution < -0.4 is 10.6 Å². The summed E-state index contributed by atoms with van der Waals surface area (Å²) in [6, 6.07) is 9.07.